The van der Waals surface area contributed by atoms with Crippen LogP contribution in [0.2, 0.25) is 0 Å². The summed E-state index contributed by atoms with van der Waals surface area (Å²) < 4.78 is 0. The second-order valence-corrected chi connectivity index (χ2v) is 10.9. The fraction of sp³-hybridized carbons (Fsp3) is 0.467. The maximum Gasteiger partial charge on any atom is 0.123 e. The molecule has 34 heavy (non-hydrogen) atoms. The summed E-state index contributed by atoms with van der Waals surface area (Å²) in [7, 11) is 1.91. The number of aryl methyl sites for hydroxylation is 1. The van der Waals surface area contributed by atoms with E-state index in [0.29, 0.717) is 17.8 Å². The fourth-order valence-corrected chi connectivity index (χ4v) is 5.66. The van der Waals surface area contributed by atoms with Crippen LogP contribution >= 0.6 is 11.3 Å². The summed E-state index contributed by atoms with van der Waals surface area (Å²) in [4.78, 5) is 5.94. The molecule has 1 N–H and O–H groups in total. The van der Waals surface area contributed by atoms with Gasteiger partial charge in [-0.25, -0.2) is 4.98 Å². The lowest BCUT2D eigenvalue weighted by molar-refractivity contribution is 0.466. The van der Waals surface area contributed by atoms with Crippen molar-refractivity contribution in [3.8, 4) is 16.5 Å². The molecule has 0 bridgehead atoms. The molecule has 1 aromatic carbocycles. The van der Waals surface area contributed by atoms with Crippen LogP contribution in [0.1, 0.15) is 69.5 Å². The van der Waals surface area contributed by atoms with Crippen molar-refractivity contribution < 1.29 is 0 Å². The Hall–Kier alpha value is -2.64. The van der Waals surface area contributed by atoms with E-state index in [1.165, 1.54) is 47.3 Å². The van der Waals surface area contributed by atoms with Gasteiger partial charge in [-0.2, -0.15) is 5.26 Å². The third kappa shape index (κ3) is 6.27. The second-order valence-electron chi connectivity index (χ2n) is 9.84. The number of aromatic nitrogens is 1. The molecular weight excluding hydrogens is 434 g/mol. The number of hydrogen-bond acceptors (Lipinski definition) is 4. The van der Waals surface area contributed by atoms with E-state index in [0.717, 1.165) is 34.7 Å². The van der Waals surface area contributed by atoms with E-state index in [-0.39, 0.29) is 0 Å². The molecule has 2 unspecified atom stereocenters. The largest absolute Gasteiger partial charge is 0.392 e. The molecule has 4 heteroatoms. The van der Waals surface area contributed by atoms with Crippen LogP contribution < -0.4 is 5.32 Å². The molecule has 1 heterocycles. The van der Waals surface area contributed by atoms with Gasteiger partial charge in [0.1, 0.15) is 5.01 Å². The van der Waals surface area contributed by atoms with Crippen molar-refractivity contribution in [3.63, 3.8) is 0 Å². The van der Waals surface area contributed by atoms with Gasteiger partial charge in [-0.15, -0.1) is 11.3 Å². The van der Waals surface area contributed by atoms with E-state index in [4.69, 9.17) is 4.98 Å². The molecule has 0 spiro atoms. The third-order valence-electron chi connectivity index (χ3n) is 6.95. The maximum atomic E-state index is 9.57. The molecule has 0 aliphatic heterocycles. The van der Waals surface area contributed by atoms with Crippen LogP contribution in [0.3, 0.4) is 0 Å². The molecule has 0 saturated carbocycles. The molecule has 4 rings (SSSR count). The standard InChI is InChI=1S/C23H24N2S.C7H15N/c1-15(2)11-17-9-10-18(12-19(17)13-24)23-25-14-22(26-23)21-8-4-6-16-5-3-7-20(16)21;1-5-6(2)7(3)8-4/h4,6,8,10,12,14-15,17H,3,5,7,9,11H2,1-2H3;6,8H,3,5H2,1-2,4H3. The van der Waals surface area contributed by atoms with E-state index in [9.17, 15) is 5.26 Å². The number of nitrogens with one attached hydrogen (secondary N) is 1. The lowest BCUT2D eigenvalue weighted by atomic mass is 9.83. The first-order chi connectivity index (χ1) is 16.4. The first-order valence-electron chi connectivity index (χ1n) is 12.6. The zero-order chi connectivity index (χ0) is 24.7. The van der Waals surface area contributed by atoms with Gasteiger partial charge in [-0.05, 0) is 79.0 Å². The Kier molecular flexibility index (Phi) is 9.30. The van der Waals surface area contributed by atoms with Crippen LogP contribution in [0.5, 0.6) is 0 Å². The highest BCUT2D eigenvalue weighted by atomic mass is 32.1. The summed E-state index contributed by atoms with van der Waals surface area (Å²) in [5.41, 5.74) is 7.51. The molecule has 1 aromatic heterocycles. The third-order valence-corrected chi connectivity index (χ3v) is 8.03. The Morgan fingerprint density at radius 1 is 1.29 bits per heavy atom. The molecule has 0 saturated heterocycles. The second kappa shape index (κ2) is 12.2. The zero-order valence-corrected chi connectivity index (χ0v) is 22.3. The monoisotopic (exact) mass is 473 g/mol. The van der Waals surface area contributed by atoms with Crippen LogP contribution in [-0.2, 0) is 12.8 Å². The zero-order valence-electron chi connectivity index (χ0n) is 21.4. The van der Waals surface area contributed by atoms with Crippen molar-refractivity contribution in [2.75, 3.05) is 7.05 Å². The number of rotatable bonds is 7. The van der Waals surface area contributed by atoms with Gasteiger partial charge in [0.15, 0.2) is 0 Å². The van der Waals surface area contributed by atoms with Gasteiger partial charge in [0, 0.05) is 30.1 Å². The van der Waals surface area contributed by atoms with Crippen molar-refractivity contribution in [1.29, 1.82) is 5.26 Å². The topological polar surface area (TPSA) is 48.7 Å². The van der Waals surface area contributed by atoms with Gasteiger partial charge >= 0.3 is 0 Å². The molecule has 2 aliphatic rings. The van der Waals surface area contributed by atoms with Crippen molar-refractivity contribution in [2.45, 2.75) is 66.2 Å². The summed E-state index contributed by atoms with van der Waals surface area (Å²) in [6.07, 6.45) is 13.2. The van der Waals surface area contributed by atoms with Gasteiger partial charge in [-0.3, -0.25) is 0 Å². The van der Waals surface area contributed by atoms with Crippen molar-refractivity contribution in [3.05, 3.63) is 70.5 Å². The predicted molar refractivity (Wildman–Crippen MR) is 146 cm³/mol. The SMILES string of the molecule is C=C(NC)C(C)CC.CC(C)CC1CC=C(c2ncc(-c3cccc4c3CCC4)s2)C=C1C#N. The van der Waals surface area contributed by atoms with Crippen molar-refractivity contribution >= 4 is 16.9 Å². The number of allylic oxidation sites excluding steroid dienone is 5. The summed E-state index contributed by atoms with van der Waals surface area (Å²) in [5, 5.41) is 13.6. The number of hydrogen-bond donors (Lipinski definition) is 1. The summed E-state index contributed by atoms with van der Waals surface area (Å²) in [5.74, 6) is 1.58. The number of benzene rings is 1. The molecule has 2 aromatic rings. The summed E-state index contributed by atoms with van der Waals surface area (Å²) >= 11 is 1.75. The molecule has 3 nitrogen and oxygen atoms in total. The Morgan fingerprint density at radius 3 is 2.74 bits per heavy atom. The van der Waals surface area contributed by atoms with E-state index in [1.807, 2.05) is 13.2 Å². The molecule has 2 aliphatic carbocycles. The van der Waals surface area contributed by atoms with Crippen LogP contribution in [0, 0.1) is 29.1 Å². The summed E-state index contributed by atoms with van der Waals surface area (Å²) in [6, 6.07) is 9.08. The number of nitrogens with zero attached hydrogens (tertiary/aromatic N) is 2. The highest BCUT2D eigenvalue weighted by molar-refractivity contribution is 7.16. The van der Waals surface area contributed by atoms with Gasteiger partial charge in [0.25, 0.3) is 0 Å². The minimum absolute atomic E-state index is 0.362. The van der Waals surface area contributed by atoms with Crippen molar-refractivity contribution in [2.24, 2.45) is 17.8 Å². The smallest absolute Gasteiger partial charge is 0.123 e. The number of nitriles is 1. The first kappa shape index (κ1) is 26.0. The Bertz CT molecular complexity index is 1100. The van der Waals surface area contributed by atoms with Gasteiger partial charge in [0.05, 0.1) is 10.9 Å². The normalized spacial score (nSPS) is 17.6. The quantitative estimate of drug-likeness (QED) is 0.443. The molecule has 2 atom stereocenters. The lowest BCUT2D eigenvalue weighted by Gasteiger charge is -2.20. The van der Waals surface area contributed by atoms with Crippen LogP contribution in [0.25, 0.3) is 16.0 Å². The Balaban J connectivity index is 0.000000350. The van der Waals surface area contributed by atoms with Gasteiger partial charge < -0.3 is 5.32 Å². The minimum atomic E-state index is 0.362. The van der Waals surface area contributed by atoms with Gasteiger partial charge in [0.2, 0.25) is 0 Å². The van der Waals surface area contributed by atoms with Crippen LogP contribution in [-0.4, -0.2) is 12.0 Å². The Morgan fingerprint density at radius 2 is 2.09 bits per heavy atom. The van der Waals surface area contributed by atoms with E-state index in [2.05, 4.69) is 76.0 Å². The van der Waals surface area contributed by atoms with Crippen LogP contribution in [0.15, 0.2) is 54.4 Å². The molecule has 0 amide bonds. The lowest BCUT2D eigenvalue weighted by Crippen LogP contribution is -2.11. The minimum Gasteiger partial charge on any atom is -0.392 e. The molecule has 0 fully saturated rings. The average molecular weight is 474 g/mol. The number of fused-ring (bicyclic) bond motifs is 1. The van der Waals surface area contributed by atoms with E-state index in [1.54, 1.807) is 11.3 Å². The highest BCUT2D eigenvalue weighted by Crippen LogP contribution is 2.39. The molecule has 180 valence electrons. The van der Waals surface area contributed by atoms with Crippen molar-refractivity contribution in [1.82, 2.24) is 10.3 Å². The average Bonchev–Trinajstić information content (AvgIpc) is 3.53. The van der Waals surface area contributed by atoms with Gasteiger partial charge in [-0.1, -0.05) is 58.5 Å². The highest BCUT2D eigenvalue weighted by Gasteiger charge is 2.22. The molecular formula is C30H39N3S. The first-order valence-corrected chi connectivity index (χ1v) is 13.4. The fourth-order valence-electron chi connectivity index (χ4n) is 4.68. The number of thiazole rings is 1. The van der Waals surface area contributed by atoms with E-state index >= 15 is 0 Å². The van der Waals surface area contributed by atoms with E-state index < -0.39 is 0 Å². The van der Waals surface area contributed by atoms with Crippen LogP contribution in [0.4, 0.5) is 0 Å². The Labute approximate surface area is 210 Å². The molecule has 0 radical (unpaired) electrons. The predicted octanol–water partition coefficient (Wildman–Crippen LogP) is 7.96. The maximum absolute atomic E-state index is 9.57. The summed E-state index contributed by atoms with van der Waals surface area (Å²) in [6.45, 7) is 12.6.